The molecule has 0 aromatic heterocycles. The number of carbonyl (C=O) groups is 1. The summed E-state index contributed by atoms with van der Waals surface area (Å²) in [5.41, 5.74) is 4.82. The van der Waals surface area contributed by atoms with Gasteiger partial charge in [-0.25, -0.2) is 4.79 Å². The Balaban J connectivity index is 1.77. The molecule has 2 aromatic carbocycles. The maximum Gasteiger partial charge on any atom is 0.338 e. The van der Waals surface area contributed by atoms with Crippen molar-refractivity contribution in [1.29, 1.82) is 0 Å². The predicted octanol–water partition coefficient (Wildman–Crippen LogP) is 4.69. The molecule has 0 saturated carbocycles. The van der Waals surface area contributed by atoms with Crippen molar-refractivity contribution < 1.29 is 19.0 Å². The number of carbonyl (C=O) groups excluding carboxylic acids is 1. The molecular weight excluding hydrogens is 416 g/mol. The SMILES string of the molecule is CCOc1cc2c(cc1OCC)[C@@H]1CN(C)CC[C@@H]1N=C2c1ccc(C(=O)OC(C)C)cc1. The maximum atomic E-state index is 12.3. The van der Waals surface area contributed by atoms with Gasteiger partial charge in [0.15, 0.2) is 11.5 Å². The number of likely N-dealkylation sites (tertiary alicyclic amines) is 1. The third-order valence-corrected chi connectivity index (χ3v) is 6.18. The van der Waals surface area contributed by atoms with E-state index in [0.717, 1.165) is 47.8 Å². The fraction of sp³-hybridized carbons (Fsp3) is 0.481. The molecule has 0 spiro atoms. The minimum Gasteiger partial charge on any atom is -0.490 e. The number of piperidine rings is 1. The molecule has 2 heterocycles. The third-order valence-electron chi connectivity index (χ3n) is 6.18. The van der Waals surface area contributed by atoms with Crippen molar-refractivity contribution in [2.24, 2.45) is 4.99 Å². The molecule has 1 saturated heterocycles. The maximum absolute atomic E-state index is 12.3. The Morgan fingerprint density at radius 1 is 1.09 bits per heavy atom. The van der Waals surface area contributed by atoms with E-state index in [2.05, 4.69) is 24.1 Å². The number of benzene rings is 2. The normalized spacial score (nSPS) is 20.0. The van der Waals surface area contributed by atoms with Crippen LogP contribution >= 0.6 is 0 Å². The second-order valence-corrected chi connectivity index (χ2v) is 8.99. The van der Waals surface area contributed by atoms with Gasteiger partial charge in [-0.1, -0.05) is 12.1 Å². The van der Waals surface area contributed by atoms with Crippen LogP contribution in [0.1, 0.15) is 67.1 Å². The van der Waals surface area contributed by atoms with Gasteiger partial charge in [-0.05, 0) is 77.5 Å². The molecule has 0 amide bonds. The Morgan fingerprint density at radius 3 is 2.39 bits per heavy atom. The quantitative estimate of drug-likeness (QED) is 0.573. The van der Waals surface area contributed by atoms with Crippen molar-refractivity contribution in [1.82, 2.24) is 4.90 Å². The Bertz CT molecular complexity index is 1030. The summed E-state index contributed by atoms with van der Waals surface area (Å²) in [4.78, 5) is 19.9. The molecule has 6 heteroatoms. The van der Waals surface area contributed by atoms with Crippen molar-refractivity contribution in [3.8, 4) is 11.5 Å². The van der Waals surface area contributed by atoms with Crippen LogP contribution in [0.25, 0.3) is 0 Å². The smallest absolute Gasteiger partial charge is 0.338 e. The second-order valence-electron chi connectivity index (χ2n) is 8.99. The number of esters is 1. The number of hydrogen-bond donors (Lipinski definition) is 0. The van der Waals surface area contributed by atoms with Gasteiger partial charge >= 0.3 is 5.97 Å². The van der Waals surface area contributed by atoms with Crippen LogP contribution in [0.2, 0.25) is 0 Å². The van der Waals surface area contributed by atoms with Gasteiger partial charge in [0.25, 0.3) is 0 Å². The monoisotopic (exact) mass is 450 g/mol. The molecular formula is C27H34N2O4. The van der Waals surface area contributed by atoms with Crippen LogP contribution in [-0.4, -0.2) is 62.1 Å². The molecule has 0 radical (unpaired) electrons. The van der Waals surface area contributed by atoms with Crippen LogP contribution in [0.3, 0.4) is 0 Å². The van der Waals surface area contributed by atoms with E-state index in [-0.39, 0.29) is 18.1 Å². The van der Waals surface area contributed by atoms with E-state index in [1.54, 1.807) is 0 Å². The predicted molar refractivity (Wildman–Crippen MR) is 130 cm³/mol. The molecule has 2 aliphatic rings. The Labute approximate surface area is 196 Å². The number of rotatable bonds is 7. The highest BCUT2D eigenvalue weighted by molar-refractivity contribution is 6.15. The molecule has 176 valence electrons. The molecule has 4 rings (SSSR count). The topological polar surface area (TPSA) is 60.4 Å². The van der Waals surface area contributed by atoms with Crippen molar-refractivity contribution in [2.45, 2.75) is 52.2 Å². The average Bonchev–Trinajstić information content (AvgIpc) is 2.79. The number of likely N-dealkylation sites (N-methyl/N-ethyl adjacent to an activating group) is 1. The van der Waals surface area contributed by atoms with Gasteiger partial charge in [-0.2, -0.15) is 0 Å². The molecule has 0 aliphatic carbocycles. The number of ether oxygens (including phenoxy) is 3. The Kier molecular flexibility index (Phi) is 7.03. The molecule has 6 nitrogen and oxygen atoms in total. The van der Waals surface area contributed by atoms with E-state index >= 15 is 0 Å². The summed E-state index contributed by atoms with van der Waals surface area (Å²) in [6, 6.07) is 12.0. The standard InChI is InChI=1S/C27H34N2O4/c1-6-31-24-14-20-21(15-25(24)32-7-2)26(28-23-12-13-29(5)16-22(20)23)18-8-10-19(11-9-18)27(30)33-17(3)4/h8-11,14-15,17,22-23H,6-7,12-13,16H2,1-5H3/t22-,23-/m0/s1. The van der Waals surface area contributed by atoms with Gasteiger partial charge in [-0.15, -0.1) is 0 Å². The van der Waals surface area contributed by atoms with Gasteiger partial charge in [-0.3, -0.25) is 4.99 Å². The highest BCUT2D eigenvalue weighted by Gasteiger charge is 2.36. The molecule has 2 aliphatic heterocycles. The van der Waals surface area contributed by atoms with Crippen LogP contribution in [-0.2, 0) is 4.74 Å². The second kappa shape index (κ2) is 9.96. The van der Waals surface area contributed by atoms with Gasteiger partial charge < -0.3 is 19.1 Å². The van der Waals surface area contributed by atoms with Crippen LogP contribution in [0, 0.1) is 0 Å². The zero-order valence-corrected chi connectivity index (χ0v) is 20.3. The van der Waals surface area contributed by atoms with Gasteiger partial charge in [0, 0.05) is 23.6 Å². The summed E-state index contributed by atoms with van der Waals surface area (Å²) in [6.45, 7) is 10.8. The Morgan fingerprint density at radius 2 is 1.76 bits per heavy atom. The van der Waals surface area contributed by atoms with E-state index in [9.17, 15) is 4.79 Å². The highest BCUT2D eigenvalue weighted by atomic mass is 16.5. The van der Waals surface area contributed by atoms with E-state index in [1.165, 1.54) is 5.56 Å². The molecule has 0 bridgehead atoms. The van der Waals surface area contributed by atoms with Crippen molar-refractivity contribution >= 4 is 11.7 Å². The number of nitrogens with zero attached hydrogens (tertiary/aromatic N) is 2. The molecule has 2 atom stereocenters. The Hall–Kier alpha value is -2.86. The van der Waals surface area contributed by atoms with Crippen LogP contribution in [0.5, 0.6) is 11.5 Å². The number of hydrogen-bond acceptors (Lipinski definition) is 6. The fourth-order valence-electron chi connectivity index (χ4n) is 4.70. The van der Waals surface area contributed by atoms with Crippen molar-refractivity contribution in [3.63, 3.8) is 0 Å². The lowest BCUT2D eigenvalue weighted by Crippen LogP contribution is -2.41. The lowest BCUT2D eigenvalue weighted by atomic mass is 9.79. The van der Waals surface area contributed by atoms with Gasteiger partial charge in [0.1, 0.15) is 0 Å². The minimum atomic E-state index is -0.307. The lowest BCUT2D eigenvalue weighted by Gasteiger charge is -2.39. The first-order valence-electron chi connectivity index (χ1n) is 11.9. The minimum absolute atomic E-state index is 0.148. The highest BCUT2D eigenvalue weighted by Crippen LogP contribution is 2.42. The summed E-state index contributed by atoms with van der Waals surface area (Å²) in [6.07, 6.45) is 0.866. The molecule has 0 N–H and O–H groups in total. The van der Waals surface area contributed by atoms with Crippen molar-refractivity contribution in [3.05, 3.63) is 58.7 Å². The zero-order chi connectivity index (χ0) is 23.5. The molecule has 33 heavy (non-hydrogen) atoms. The summed E-state index contributed by atoms with van der Waals surface area (Å²) >= 11 is 0. The summed E-state index contributed by atoms with van der Waals surface area (Å²) in [7, 11) is 2.17. The first kappa shape index (κ1) is 23.3. The van der Waals surface area contributed by atoms with Crippen LogP contribution in [0.15, 0.2) is 41.4 Å². The average molecular weight is 451 g/mol. The first-order chi connectivity index (χ1) is 15.9. The lowest BCUT2D eigenvalue weighted by molar-refractivity contribution is 0.0378. The third kappa shape index (κ3) is 4.91. The molecule has 0 unspecified atom stereocenters. The largest absolute Gasteiger partial charge is 0.490 e. The van der Waals surface area contributed by atoms with E-state index < -0.39 is 0 Å². The van der Waals surface area contributed by atoms with E-state index in [4.69, 9.17) is 19.2 Å². The van der Waals surface area contributed by atoms with Crippen molar-refractivity contribution in [2.75, 3.05) is 33.4 Å². The van der Waals surface area contributed by atoms with Crippen LogP contribution in [0.4, 0.5) is 0 Å². The molecule has 1 fully saturated rings. The van der Waals surface area contributed by atoms with Gasteiger partial charge in [0.2, 0.25) is 0 Å². The fourth-order valence-corrected chi connectivity index (χ4v) is 4.70. The zero-order valence-electron chi connectivity index (χ0n) is 20.3. The number of fused-ring (bicyclic) bond motifs is 3. The van der Waals surface area contributed by atoms with E-state index in [0.29, 0.717) is 24.7 Å². The summed E-state index contributed by atoms with van der Waals surface area (Å²) in [5, 5.41) is 0. The number of aliphatic imine (C=N–C) groups is 1. The van der Waals surface area contributed by atoms with E-state index in [1.807, 2.05) is 52.0 Å². The summed E-state index contributed by atoms with van der Waals surface area (Å²) < 4.78 is 17.2. The molecule has 2 aromatic rings. The van der Waals surface area contributed by atoms with Crippen LogP contribution < -0.4 is 9.47 Å². The van der Waals surface area contributed by atoms with Gasteiger partial charge in [0.05, 0.1) is 36.6 Å². The first-order valence-corrected chi connectivity index (χ1v) is 11.9. The summed E-state index contributed by atoms with van der Waals surface area (Å²) in [5.74, 6) is 1.54.